The number of para-hydroxylation sites is 3. The molecule has 0 radical (unpaired) electrons. The van der Waals surface area contributed by atoms with Gasteiger partial charge in [-0.2, -0.15) is 13.2 Å². The van der Waals surface area contributed by atoms with Gasteiger partial charge < -0.3 is 19.1 Å². The zero-order valence-corrected chi connectivity index (χ0v) is 21.8. The van der Waals surface area contributed by atoms with Crippen molar-refractivity contribution < 1.29 is 27.4 Å². The van der Waals surface area contributed by atoms with Gasteiger partial charge in [0.25, 0.3) is 0 Å². The van der Waals surface area contributed by atoms with Gasteiger partial charge in [-0.1, -0.05) is 36.4 Å². The number of benzene rings is 3. The monoisotopic (exact) mass is 541 g/mol. The molecule has 2 heterocycles. The summed E-state index contributed by atoms with van der Waals surface area (Å²) in [7, 11) is 3.10. The largest absolute Gasteiger partial charge is 0.494 e. The number of imidazole rings is 1. The third kappa shape index (κ3) is 5.21. The number of halogens is 3. The Hall–Kier alpha value is -3.92. The maximum atomic E-state index is 13.9. The van der Waals surface area contributed by atoms with Crippen molar-refractivity contribution in [2.75, 3.05) is 45.4 Å². The van der Waals surface area contributed by atoms with Crippen LogP contribution in [0.5, 0.6) is 11.5 Å². The van der Waals surface area contributed by atoms with Gasteiger partial charge in [-0.05, 0) is 42.3 Å². The lowest BCUT2D eigenvalue weighted by atomic mass is 10.1. The predicted octanol–water partition coefficient (Wildman–Crippen LogP) is 5.36. The van der Waals surface area contributed by atoms with Crippen LogP contribution in [-0.2, 0) is 17.5 Å². The minimum Gasteiger partial charge on any atom is -0.494 e. The minimum absolute atomic E-state index is 0.0206. The third-order valence-corrected chi connectivity index (χ3v) is 7.09. The smallest absolute Gasteiger partial charge is 0.416 e. The first-order valence-corrected chi connectivity index (χ1v) is 12.7. The van der Waals surface area contributed by atoms with Crippen LogP contribution in [0.25, 0.3) is 11.0 Å². The number of anilines is 1. The highest BCUT2D eigenvalue weighted by atomic mass is 19.4. The first kappa shape index (κ1) is 26.7. The Balaban J connectivity index is 1.53. The summed E-state index contributed by atoms with van der Waals surface area (Å²) in [6.45, 7) is 1.88. The summed E-state index contributed by atoms with van der Waals surface area (Å²) in [4.78, 5) is 16.1. The molecule has 1 fully saturated rings. The molecule has 3 aromatic carbocycles. The molecular formula is C29H30F3N3O4. The van der Waals surface area contributed by atoms with E-state index in [0.717, 1.165) is 17.5 Å². The van der Waals surface area contributed by atoms with E-state index in [2.05, 4.69) is 4.90 Å². The predicted molar refractivity (Wildman–Crippen MR) is 143 cm³/mol. The summed E-state index contributed by atoms with van der Waals surface area (Å²) in [6, 6.07) is 18.2. The molecule has 1 atom stereocenters. The maximum absolute atomic E-state index is 13.9. The Morgan fingerprint density at radius 1 is 0.923 bits per heavy atom. The summed E-state index contributed by atoms with van der Waals surface area (Å²) in [6.07, 6.45) is -3.85. The highest BCUT2D eigenvalue weighted by Gasteiger charge is 2.34. The first-order chi connectivity index (χ1) is 18.8. The third-order valence-electron chi connectivity index (χ3n) is 7.09. The second kappa shape index (κ2) is 11.1. The van der Waals surface area contributed by atoms with Crippen molar-refractivity contribution in [1.82, 2.24) is 9.13 Å². The normalized spacial score (nSPS) is 15.7. The van der Waals surface area contributed by atoms with Crippen molar-refractivity contribution >= 4 is 16.7 Å². The van der Waals surface area contributed by atoms with Gasteiger partial charge in [0.2, 0.25) is 0 Å². The average molecular weight is 542 g/mol. The van der Waals surface area contributed by atoms with E-state index in [0.29, 0.717) is 49.5 Å². The quantitative estimate of drug-likeness (QED) is 0.267. The molecule has 4 aromatic rings. The molecule has 0 aliphatic carbocycles. The summed E-state index contributed by atoms with van der Waals surface area (Å²) in [5.41, 5.74) is 0.911. The summed E-state index contributed by atoms with van der Waals surface area (Å²) in [5.74, 6) is 1.16. The molecule has 1 aliphatic heterocycles. The van der Waals surface area contributed by atoms with Crippen molar-refractivity contribution in [3.63, 3.8) is 0 Å². The molecule has 1 aliphatic rings. The Morgan fingerprint density at radius 3 is 2.44 bits per heavy atom. The SMILES string of the molecule is COCCOc1ccccc1N1CCC(n2c(=O)n(Cc3ccccc3C(F)(F)F)c3c(OC)cccc32)C1. The van der Waals surface area contributed by atoms with E-state index in [1.807, 2.05) is 30.3 Å². The van der Waals surface area contributed by atoms with E-state index < -0.39 is 11.7 Å². The maximum Gasteiger partial charge on any atom is 0.416 e. The minimum atomic E-state index is -4.53. The molecule has 10 heteroatoms. The summed E-state index contributed by atoms with van der Waals surface area (Å²) in [5, 5.41) is 0. The number of ether oxygens (including phenoxy) is 3. The van der Waals surface area contributed by atoms with Crippen molar-refractivity contribution in [2.24, 2.45) is 0 Å². The van der Waals surface area contributed by atoms with E-state index in [-0.39, 0.29) is 23.8 Å². The van der Waals surface area contributed by atoms with Crippen LogP contribution >= 0.6 is 0 Å². The highest BCUT2D eigenvalue weighted by molar-refractivity contribution is 5.83. The Morgan fingerprint density at radius 2 is 1.67 bits per heavy atom. The molecule has 5 rings (SSSR count). The number of methoxy groups -OCH3 is 2. The van der Waals surface area contributed by atoms with Crippen molar-refractivity contribution in [1.29, 1.82) is 0 Å². The van der Waals surface area contributed by atoms with Gasteiger partial charge in [-0.25, -0.2) is 4.79 Å². The molecule has 39 heavy (non-hydrogen) atoms. The standard InChI is InChI=1S/C29H30F3N3O4/c1-37-16-17-39-25-12-6-5-10-23(25)33-15-14-21(19-33)35-24-11-7-13-26(38-2)27(24)34(28(35)36)18-20-8-3-4-9-22(20)29(30,31)32/h3-13,21H,14-19H2,1-2H3. The van der Waals surface area contributed by atoms with Crippen LogP contribution in [0.1, 0.15) is 23.6 Å². The van der Waals surface area contributed by atoms with Crippen molar-refractivity contribution in [3.05, 3.63) is 88.3 Å². The van der Waals surface area contributed by atoms with Crippen LogP contribution in [0.15, 0.2) is 71.5 Å². The number of fused-ring (bicyclic) bond motifs is 1. The van der Waals surface area contributed by atoms with Gasteiger partial charge >= 0.3 is 11.9 Å². The van der Waals surface area contributed by atoms with Crippen molar-refractivity contribution in [2.45, 2.75) is 25.2 Å². The van der Waals surface area contributed by atoms with Gasteiger partial charge in [0.15, 0.2) is 0 Å². The van der Waals surface area contributed by atoms with Gasteiger partial charge in [0, 0.05) is 20.2 Å². The fourth-order valence-electron chi connectivity index (χ4n) is 5.32. The molecule has 0 saturated carbocycles. The summed E-state index contributed by atoms with van der Waals surface area (Å²) < 4.78 is 60.9. The molecule has 0 N–H and O–H groups in total. The number of aromatic nitrogens is 2. The average Bonchev–Trinajstić information content (AvgIpc) is 3.51. The summed E-state index contributed by atoms with van der Waals surface area (Å²) >= 11 is 0. The number of nitrogens with zero attached hydrogens (tertiary/aromatic N) is 3. The molecule has 0 spiro atoms. The molecule has 1 unspecified atom stereocenters. The van der Waals surface area contributed by atoms with Crippen LogP contribution in [0.2, 0.25) is 0 Å². The van der Waals surface area contributed by atoms with Gasteiger partial charge in [-0.15, -0.1) is 0 Å². The molecule has 1 aromatic heterocycles. The Kier molecular flexibility index (Phi) is 7.56. The zero-order valence-electron chi connectivity index (χ0n) is 21.8. The molecule has 0 amide bonds. The fourth-order valence-corrected chi connectivity index (χ4v) is 5.32. The van der Waals surface area contributed by atoms with Crippen molar-refractivity contribution in [3.8, 4) is 11.5 Å². The lowest BCUT2D eigenvalue weighted by Crippen LogP contribution is -2.30. The highest BCUT2D eigenvalue weighted by Crippen LogP contribution is 2.37. The molecule has 7 nitrogen and oxygen atoms in total. The topological polar surface area (TPSA) is 57.9 Å². The van der Waals surface area contributed by atoms with Gasteiger partial charge in [0.05, 0.1) is 43.1 Å². The lowest BCUT2D eigenvalue weighted by molar-refractivity contribution is -0.138. The van der Waals surface area contributed by atoms with Crippen LogP contribution in [-0.4, -0.2) is 49.7 Å². The van der Waals surface area contributed by atoms with Crippen LogP contribution in [0.4, 0.5) is 18.9 Å². The van der Waals surface area contributed by atoms with Crippen LogP contribution in [0, 0.1) is 0 Å². The van der Waals surface area contributed by atoms with E-state index in [4.69, 9.17) is 14.2 Å². The number of alkyl halides is 3. The van der Waals surface area contributed by atoms with Crippen LogP contribution < -0.4 is 20.1 Å². The van der Waals surface area contributed by atoms with E-state index in [9.17, 15) is 18.0 Å². The van der Waals surface area contributed by atoms with E-state index in [1.54, 1.807) is 29.9 Å². The molecule has 206 valence electrons. The van der Waals surface area contributed by atoms with Gasteiger partial charge in [-0.3, -0.25) is 9.13 Å². The molecule has 1 saturated heterocycles. The van der Waals surface area contributed by atoms with E-state index >= 15 is 0 Å². The second-order valence-corrected chi connectivity index (χ2v) is 9.42. The fraction of sp³-hybridized carbons (Fsp3) is 0.345. The zero-order chi connectivity index (χ0) is 27.6. The Labute approximate surface area is 223 Å². The Bertz CT molecular complexity index is 1510. The number of hydrogen-bond donors (Lipinski definition) is 0. The first-order valence-electron chi connectivity index (χ1n) is 12.7. The molecular weight excluding hydrogens is 511 g/mol. The lowest BCUT2D eigenvalue weighted by Gasteiger charge is -2.22. The van der Waals surface area contributed by atoms with E-state index in [1.165, 1.54) is 23.8 Å². The van der Waals surface area contributed by atoms with Gasteiger partial charge in [0.1, 0.15) is 23.6 Å². The number of hydrogen-bond acceptors (Lipinski definition) is 5. The number of rotatable bonds is 9. The molecule has 0 bridgehead atoms. The van der Waals surface area contributed by atoms with Crippen LogP contribution in [0.3, 0.4) is 0 Å². The second-order valence-electron chi connectivity index (χ2n) is 9.42.